The summed E-state index contributed by atoms with van der Waals surface area (Å²) in [6.07, 6.45) is 2.39. The van der Waals surface area contributed by atoms with Crippen molar-refractivity contribution in [2.75, 3.05) is 11.4 Å². The number of carbonyl (C=O) groups excluding carboxylic acids is 1. The van der Waals surface area contributed by atoms with Gasteiger partial charge in [-0.3, -0.25) is 4.79 Å². The van der Waals surface area contributed by atoms with E-state index < -0.39 is 5.54 Å². The third-order valence-electron chi connectivity index (χ3n) is 4.28. The van der Waals surface area contributed by atoms with Crippen molar-refractivity contribution >= 4 is 11.6 Å². The molecule has 0 radical (unpaired) electrons. The van der Waals surface area contributed by atoms with Crippen molar-refractivity contribution in [1.82, 2.24) is 0 Å². The smallest absolute Gasteiger partial charge is 0.247 e. The number of anilines is 1. The molecule has 0 fully saturated rings. The Bertz CT molecular complexity index is 466. The van der Waals surface area contributed by atoms with Crippen LogP contribution in [0.3, 0.4) is 0 Å². The maximum absolute atomic E-state index is 12.8. The van der Waals surface area contributed by atoms with Crippen molar-refractivity contribution < 1.29 is 4.79 Å². The van der Waals surface area contributed by atoms with E-state index in [4.69, 9.17) is 5.73 Å². The first kappa shape index (κ1) is 14.1. The minimum atomic E-state index is -0.732. The quantitative estimate of drug-likeness (QED) is 0.908. The number of rotatable bonds is 3. The van der Waals surface area contributed by atoms with Crippen LogP contribution in [0.4, 0.5) is 5.69 Å². The van der Waals surface area contributed by atoms with Gasteiger partial charge in [-0.1, -0.05) is 39.0 Å². The highest BCUT2D eigenvalue weighted by molar-refractivity contribution is 6.01. The molecule has 0 saturated carbocycles. The number of nitrogens with two attached hydrogens (primary N) is 1. The second-order valence-corrected chi connectivity index (χ2v) is 5.72. The first-order valence-electron chi connectivity index (χ1n) is 7.20. The Hall–Kier alpha value is -1.35. The molecule has 19 heavy (non-hydrogen) atoms. The van der Waals surface area contributed by atoms with Crippen molar-refractivity contribution in [2.24, 2.45) is 11.7 Å². The molecule has 1 aliphatic rings. The summed E-state index contributed by atoms with van der Waals surface area (Å²) < 4.78 is 0. The zero-order chi connectivity index (χ0) is 14.0. The lowest BCUT2D eigenvalue weighted by atomic mass is 9.88. The van der Waals surface area contributed by atoms with E-state index in [0.717, 1.165) is 18.7 Å². The van der Waals surface area contributed by atoms with Gasteiger partial charge < -0.3 is 10.6 Å². The van der Waals surface area contributed by atoms with Gasteiger partial charge in [0, 0.05) is 12.2 Å². The standard InChI is InChI=1S/C16H24N2O/c1-4-16(17,5-2)15(19)18-11-12(3)10-13-8-6-7-9-14(13)18/h6-9,12H,4-5,10-11,17H2,1-3H3. The van der Waals surface area contributed by atoms with Crippen molar-refractivity contribution in [1.29, 1.82) is 0 Å². The largest absolute Gasteiger partial charge is 0.317 e. The van der Waals surface area contributed by atoms with E-state index in [1.165, 1.54) is 5.56 Å². The van der Waals surface area contributed by atoms with E-state index >= 15 is 0 Å². The molecular formula is C16H24N2O. The monoisotopic (exact) mass is 260 g/mol. The fraction of sp³-hybridized carbons (Fsp3) is 0.562. The van der Waals surface area contributed by atoms with Crippen molar-refractivity contribution in [3.8, 4) is 0 Å². The number of hydrogen-bond donors (Lipinski definition) is 1. The third kappa shape index (κ3) is 2.52. The first-order chi connectivity index (χ1) is 9.01. The molecule has 0 aliphatic carbocycles. The summed E-state index contributed by atoms with van der Waals surface area (Å²) in [5, 5.41) is 0. The van der Waals surface area contributed by atoms with Gasteiger partial charge in [0.1, 0.15) is 0 Å². The second kappa shape index (κ2) is 5.33. The fourth-order valence-corrected chi connectivity index (χ4v) is 2.81. The number of para-hydroxylation sites is 1. The SMILES string of the molecule is CCC(N)(CC)C(=O)N1CC(C)Cc2ccccc21. The lowest BCUT2D eigenvalue weighted by Crippen LogP contribution is -2.56. The van der Waals surface area contributed by atoms with Crippen LogP contribution in [0.25, 0.3) is 0 Å². The van der Waals surface area contributed by atoms with Gasteiger partial charge in [0.05, 0.1) is 5.54 Å². The van der Waals surface area contributed by atoms with Crippen molar-refractivity contribution in [2.45, 2.75) is 45.6 Å². The summed E-state index contributed by atoms with van der Waals surface area (Å²) in [7, 11) is 0. The summed E-state index contributed by atoms with van der Waals surface area (Å²) in [6.45, 7) is 6.93. The minimum Gasteiger partial charge on any atom is -0.317 e. The Morgan fingerprint density at radius 3 is 2.63 bits per heavy atom. The van der Waals surface area contributed by atoms with Crippen LogP contribution in [0.5, 0.6) is 0 Å². The summed E-state index contributed by atoms with van der Waals surface area (Å²) in [4.78, 5) is 14.7. The van der Waals surface area contributed by atoms with Crippen LogP contribution in [0.15, 0.2) is 24.3 Å². The molecule has 104 valence electrons. The van der Waals surface area contributed by atoms with E-state index in [0.29, 0.717) is 18.8 Å². The predicted octanol–water partition coefficient (Wildman–Crippen LogP) is 2.73. The van der Waals surface area contributed by atoms with Crippen molar-refractivity contribution in [3.63, 3.8) is 0 Å². The van der Waals surface area contributed by atoms with E-state index in [-0.39, 0.29) is 5.91 Å². The summed E-state index contributed by atoms with van der Waals surface area (Å²) in [5.74, 6) is 0.549. The average molecular weight is 260 g/mol. The predicted molar refractivity (Wildman–Crippen MR) is 79.2 cm³/mol. The molecule has 3 nitrogen and oxygen atoms in total. The van der Waals surface area contributed by atoms with Gasteiger partial charge in [-0.25, -0.2) is 0 Å². The molecule has 2 rings (SSSR count). The number of carbonyl (C=O) groups is 1. The van der Waals surface area contributed by atoms with Gasteiger partial charge in [-0.2, -0.15) is 0 Å². The van der Waals surface area contributed by atoms with Gasteiger partial charge in [-0.05, 0) is 36.8 Å². The lowest BCUT2D eigenvalue weighted by Gasteiger charge is -2.38. The number of hydrogen-bond acceptors (Lipinski definition) is 2. The Morgan fingerprint density at radius 1 is 1.37 bits per heavy atom. The van der Waals surface area contributed by atoms with Crippen LogP contribution < -0.4 is 10.6 Å². The normalized spacial score (nSPS) is 19.2. The van der Waals surface area contributed by atoms with Crippen LogP contribution in [0, 0.1) is 5.92 Å². The van der Waals surface area contributed by atoms with Crippen LogP contribution in [0.2, 0.25) is 0 Å². The van der Waals surface area contributed by atoms with E-state index in [9.17, 15) is 4.79 Å². The lowest BCUT2D eigenvalue weighted by molar-refractivity contribution is -0.124. The molecular weight excluding hydrogens is 236 g/mol. The van der Waals surface area contributed by atoms with Crippen LogP contribution in [0.1, 0.15) is 39.2 Å². The molecule has 1 aliphatic heterocycles. The topological polar surface area (TPSA) is 46.3 Å². The highest BCUT2D eigenvalue weighted by atomic mass is 16.2. The number of amides is 1. The fourth-order valence-electron chi connectivity index (χ4n) is 2.81. The Labute approximate surface area is 115 Å². The summed E-state index contributed by atoms with van der Waals surface area (Å²) >= 11 is 0. The Morgan fingerprint density at radius 2 is 2.00 bits per heavy atom. The third-order valence-corrected chi connectivity index (χ3v) is 4.28. The van der Waals surface area contributed by atoms with Gasteiger partial charge in [0.25, 0.3) is 0 Å². The average Bonchev–Trinajstić information content (AvgIpc) is 2.44. The number of fused-ring (bicyclic) bond motifs is 1. The van der Waals surface area contributed by atoms with Gasteiger partial charge in [0.15, 0.2) is 0 Å². The maximum Gasteiger partial charge on any atom is 0.247 e. The van der Waals surface area contributed by atoms with Crippen LogP contribution in [-0.4, -0.2) is 18.0 Å². The van der Waals surface area contributed by atoms with Crippen LogP contribution in [-0.2, 0) is 11.2 Å². The molecule has 0 bridgehead atoms. The van der Waals surface area contributed by atoms with E-state index in [1.807, 2.05) is 36.9 Å². The van der Waals surface area contributed by atoms with E-state index in [2.05, 4.69) is 13.0 Å². The molecule has 0 aromatic heterocycles. The van der Waals surface area contributed by atoms with E-state index in [1.54, 1.807) is 0 Å². The first-order valence-corrected chi connectivity index (χ1v) is 7.20. The zero-order valence-electron chi connectivity index (χ0n) is 12.1. The number of nitrogens with zero attached hydrogens (tertiary/aromatic N) is 1. The minimum absolute atomic E-state index is 0.0662. The maximum atomic E-state index is 12.8. The molecule has 0 spiro atoms. The highest BCUT2D eigenvalue weighted by Crippen LogP contribution is 2.31. The molecule has 1 amide bonds. The molecule has 1 aromatic carbocycles. The number of benzene rings is 1. The molecule has 1 unspecified atom stereocenters. The molecule has 1 aromatic rings. The molecule has 0 saturated heterocycles. The van der Waals surface area contributed by atoms with Gasteiger partial charge >= 0.3 is 0 Å². The summed E-state index contributed by atoms with van der Waals surface area (Å²) in [5.41, 5.74) is 7.85. The molecule has 1 heterocycles. The van der Waals surface area contributed by atoms with Crippen LogP contribution >= 0.6 is 0 Å². The highest BCUT2D eigenvalue weighted by Gasteiger charge is 2.37. The Kier molecular flexibility index (Phi) is 3.95. The summed E-state index contributed by atoms with van der Waals surface area (Å²) in [6, 6.07) is 8.17. The second-order valence-electron chi connectivity index (χ2n) is 5.72. The molecule has 2 N–H and O–H groups in total. The molecule has 1 atom stereocenters. The van der Waals surface area contributed by atoms with Gasteiger partial charge in [0.2, 0.25) is 5.91 Å². The van der Waals surface area contributed by atoms with Gasteiger partial charge in [-0.15, -0.1) is 0 Å². The Balaban J connectivity index is 2.38. The zero-order valence-corrected chi connectivity index (χ0v) is 12.1. The molecule has 3 heteroatoms. The van der Waals surface area contributed by atoms with Crippen molar-refractivity contribution in [3.05, 3.63) is 29.8 Å².